The van der Waals surface area contributed by atoms with E-state index < -0.39 is 17.2 Å². The molecule has 1 N–H and O–H groups in total. The fourth-order valence-electron chi connectivity index (χ4n) is 4.17. The number of ether oxygens (including phenoxy) is 2. The molecule has 3 aromatic heterocycles. The SMILES string of the molecule is CCOc1ccc2c(Oc3ccc(NC(=O)c4cn(C(C)C)cc(-c5ccc(F)cc5)c4=O)nc3)ccnc2c1. The molecule has 3 heterocycles. The monoisotopic (exact) mass is 538 g/mol. The minimum atomic E-state index is -0.602. The molecule has 5 aromatic rings. The van der Waals surface area contributed by atoms with Gasteiger partial charge in [-0.05, 0) is 68.8 Å². The van der Waals surface area contributed by atoms with Crippen LogP contribution in [0.25, 0.3) is 22.0 Å². The quantitative estimate of drug-likeness (QED) is 0.239. The Hall–Kier alpha value is -5.05. The summed E-state index contributed by atoms with van der Waals surface area (Å²) >= 11 is 0. The maximum atomic E-state index is 13.4. The van der Waals surface area contributed by atoms with E-state index in [1.807, 2.05) is 39.0 Å². The first-order valence-corrected chi connectivity index (χ1v) is 12.8. The molecule has 1 amide bonds. The Morgan fingerprint density at radius 1 is 1.00 bits per heavy atom. The highest BCUT2D eigenvalue weighted by Gasteiger charge is 2.18. The van der Waals surface area contributed by atoms with Gasteiger partial charge in [0.15, 0.2) is 0 Å². The zero-order chi connectivity index (χ0) is 28.2. The van der Waals surface area contributed by atoms with Gasteiger partial charge in [-0.2, -0.15) is 0 Å². The Bertz CT molecular complexity index is 1730. The lowest BCUT2D eigenvalue weighted by Crippen LogP contribution is -2.25. The lowest BCUT2D eigenvalue weighted by Gasteiger charge is -2.15. The normalized spacial score (nSPS) is 11.0. The summed E-state index contributed by atoms with van der Waals surface area (Å²) in [4.78, 5) is 35.1. The van der Waals surface area contributed by atoms with Crippen molar-refractivity contribution < 1.29 is 18.7 Å². The van der Waals surface area contributed by atoms with Crippen LogP contribution in [0.4, 0.5) is 10.2 Å². The van der Waals surface area contributed by atoms with E-state index in [1.54, 1.807) is 35.2 Å². The predicted molar refractivity (Wildman–Crippen MR) is 152 cm³/mol. The first kappa shape index (κ1) is 26.6. The van der Waals surface area contributed by atoms with Crippen molar-refractivity contribution in [1.29, 1.82) is 0 Å². The van der Waals surface area contributed by atoms with Gasteiger partial charge in [-0.25, -0.2) is 9.37 Å². The van der Waals surface area contributed by atoms with Crippen LogP contribution in [0.1, 0.15) is 37.2 Å². The van der Waals surface area contributed by atoms with Gasteiger partial charge in [0.05, 0.1) is 18.3 Å². The number of benzene rings is 2. The van der Waals surface area contributed by atoms with E-state index in [9.17, 15) is 14.0 Å². The molecular formula is C31H27FN4O4. The van der Waals surface area contributed by atoms with Crippen molar-refractivity contribution in [2.24, 2.45) is 0 Å². The third-order valence-electron chi connectivity index (χ3n) is 6.23. The van der Waals surface area contributed by atoms with E-state index in [0.29, 0.717) is 29.2 Å². The van der Waals surface area contributed by atoms with Gasteiger partial charge in [0.25, 0.3) is 5.91 Å². The molecule has 0 unspecified atom stereocenters. The van der Waals surface area contributed by atoms with E-state index in [1.165, 1.54) is 36.7 Å². The Morgan fingerprint density at radius 3 is 2.48 bits per heavy atom. The van der Waals surface area contributed by atoms with E-state index >= 15 is 0 Å². The highest BCUT2D eigenvalue weighted by atomic mass is 19.1. The molecule has 0 aliphatic heterocycles. The Balaban J connectivity index is 1.37. The van der Waals surface area contributed by atoms with Gasteiger partial charge in [0.1, 0.15) is 34.4 Å². The van der Waals surface area contributed by atoms with Crippen molar-refractivity contribution in [1.82, 2.24) is 14.5 Å². The molecule has 2 aromatic carbocycles. The van der Waals surface area contributed by atoms with Crippen LogP contribution in [0.2, 0.25) is 0 Å². The fourth-order valence-corrected chi connectivity index (χ4v) is 4.17. The second-order valence-electron chi connectivity index (χ2n) is 9.32. The average molecular weight is 539 g/mol. The molecule has 9 heteroatoms. The van der Waals surface area contributed by atoms with Crippen molar-refractivity contribution in [3.05, 3.63) is 107 Å². The number of halogens is 1. The molecule has 0 aliphatic carbocycles. The maximum Gasteiger partial charge on any atom is 0.262 e. The number of pyridine rings is 3. The van der Waals surface area contributed by atoms with E-state index in [2.05, 4.69) is 15.3 Å². The largest absolute Gasteiger partial charge is 0.494 e. The van der Waals surface area contributed by atoms with E-state index in [-0.39, 0.29) is 17.4 Å². The first-order valence-electron chi connectivity index (χ1n) is 12.8. The van der Waals surface area contributed by atoms with Gasteiger partial charge in [-0.15, -0.1) is 0 Å². The van der Waals surface area contributed by atoms with E-state index in [0.717, 1.165) is 16.7 Å². The summed E-state index contributed by atoms with van der Waals surface area (Å²) in [6.07, 6.45) is 6.32. The topological polar surface area (TPSA) is 95.3 Å². The molecule has 0 atom stereocenters. The van der Waals surface area contributed by atoms with Crippen LogP contribution in [-0.4, -0.2) is 27.0 Å². The molecule has 40 heavy (non-hydrogen) atoms. The molecule has 8 nitrogen and oxygen atoms in total. The number of hydrogen-bond acceptors (Lipinski definition) is 6. The first-order chi connectivity index (χ1) is 19.3. The van der Waals surface area contributed by atoms with Gasteiger partial charge in [0.2, 0.25) is 5.43 Å². The molecular weight excluding hydrogens is 511 g/mol. The number of aromatic nitrogens is 3. The van der Waals surface area contributed by atoms with Gasteiger partial charge >= 0.3 is 0 Å². The number of fused-ring (bicyclic) bond motifs is 1. The number of carbonyl (C=O) groups excluding carboxylic acids is 1. The van der Waals surface area contributed by atoms with Gasteiger partial charge in [-0.3, -0.25) is 14.6 Å². The summed E-state index contributed by atoms with van der Waals surface area (Å²) in [7, 11) is 0. The van der Waals surface area contributed by atoms with Crippen LogP contribution in [0, 0.1) is 5.82 Å². The zero-order valence-electron chi connectivity index (χ0n) is 22.2. The van der Waals surface area contributed by atoms with Crippen molar-refractivity contribution >= 4 is 22.6 Å². The van der Waals surface area contributed by atoms with Gasteiger partial charge in [0, 0.05) is 41.6 Å². The standard InChI is InChI=1S/C31H27FN4O4/c1-4-39-22-9-11-24-27(15-22)33-14-13-28(24)40-23-10-12-29(34-16-23)35-31(38)26-18-36(19(2)3)17-25(30(26)37)20-5-7-21(32)8-6-20/h5-19H,4H2,1-3H3,(H,34,35,38). The summed E-state index contributed by atoms with van der Waals surface area (Å²) in [5, 5.41) is 3.50. The van der Waals surface area contributed by atoms with Crippen molar-refractivity contribution in [3.8, 4) is 28.4 Å². The van der Waals surface area contributed by atoms with Crippen molar-refractivity contribution in [2.75, 3.05) is 11.9 Å². The highest BCUT2D eigenvalue weighted by Crippen LogP contribution is 2.31. The number of nitrogens with one attached hydrogen (secondary N) is 1. The van der Waals surface area contributed by atoms with Crippen LogP contribution >= 0.6 is 0 Å². The van der Waals surface area contributed by atoms with Crippen LogP contribution in [0.5, 0.6) is 17.2 Å². The zero-order valence-corrected chi connectivity index (χ0v) is 22.2. The van der Waals surface area contributed by atoms with Crippen LogP contribution < -0.4 is 20.2 Å². The Kier molecular flexibility index (Phi) is 7.54. The molecule has 0 fully saturated rings. The summed E-state index contributed by atoms with van der Waals surface area (Å²) in [6.45, 7) is 6.35. The molecule has 0 bridgehead atoms. The third-order valence-corrected chi connectivity index (χ3v) is 6.23. The number of nitrogens with zero attached hydrogens (tertiary/aromatic N) is 3. The summed E-state index contributed by atoms with van der Waals surface area (Å²) in [5.41, 5.74) is 1.05. The average Bonchev–Trinajstić information content (AvgIpc) is 2.95. The van der Waals surface area contributed by atoms with Crippen LogP contribution in [0.3, 0.4) is 0 Å². The van der Waals surface area contributed by atoms with Gasteiger partial charge in [-0.1, -0.05) is 12.1 Å². The fraction of sp³-hybridized carbons (Fsp3) is 0.161. The van der Waals surface area contributed by atoms with Crippen LogP contribution in [-0.2, 0) is 0 Å². The molecule has 0 saturated carbocycles. The third kappa shape index (κ3) is 5.68. The predicted octanol–water partition coefficient (Wildman–Crippen LogP) is 6.62. The Morgan fingerprint density at radius 2 is 1.77 bits per heavy atom. The maximum absolute atomic E-state index is 13.4. The minimum absolute atomic E-state index is 0.0177. The van der Waals surface area contributed by atoms with E-state index in [4.69, 9.17) is 9.47 Å². The smallest absolute Gasteiger partial charge is 0.262 e. The lowest BCUT2D eigenvalue weighted by molar-refractivity contribution is 0.102. The summed E-state index contributed by atoms with van der Waals surface area (Å²) < 4.78 is 26.8. The van der Waals surface area contributed by atoms with Crippen molar-refractivity contribution in [2.45, 2.75) is 26.8 Å². The minimum Gasteiger partial charge on any atom is -0.494 e. The molecule has 5 rings (SSSR count). The molecule has 202 valence electrons. The highest BCUT2D eigenvalue weighted by molar-refractivity contribution is 6.04. The number of amides is 1. The van der Waals surface area contributed by atoms with Gasteiger partial charge < -0.3 is 19.4 Å². The van der Waals surface area contributed by atoms with Crippen molar-refractivity contribution in [3.63, 3.8) is 0 Å². The van der Waals surface area contributed by atoms with Crippen LogP contribution in [0.15, 0.2) is 90.2 Å². The second kappa shape index (κ2) is 11.4. The molecule has 0 aliphatic rings. The molecule has 0 spiro atoms. The lowest BCUT2D eigenvalue weighted by atomic mass is 10.0. The number of rotatable bonds is 8. The summed E-state index contributed by atoms with van der Waals surface area (Å²) in [5.74, 6) is 1.02. The molecule has 0 saturated heterocycles. The molecule has 0 radical (unpaired) electrons. The number of anilines is 1. The Labute approximate surface area is 230 Å². The number of carbonyl (C=O) groups is 1. The second-order valence-corrected chi connectivity index (χ2v) is 9.32. The number of hydrogen-bond donors (Lipinski definition) is 1. The summed E-state index contributed by atoms with van der Waals surface area (Å²) in [6, 6.07) is 16.2.